The Hall–Kier alpha value is -3.52. The van der Waals surface area contributed by atoms with Gasteiger partial charge in [-0.1, -0.05) is 61.2 Å². The second-order valence-corrected chi connectivity index (χ2v) is 6.92. The van der Waals surface area contributed by atoms with Crippen molar-refractivity contribution in [1.29, 1.82) is 0 Å². The standard InChI is InChI=1S/C25H20N2/c1-17-10-8-9-15-27(17)25-18(2)21(19-11-4-3-5-12-19)16-23-24(25)20-13-6-7-14-22(20)26-23/h3-16,26H,1H2,2H3. The zero-order valence-corrected chi connectivity index (χ0v) is 15.2. The van der Waals surface area contributed by atoms with Gasteiger partial charge in [0.25, 0.3) is 0 Å². The Balaban J connectivity index is 1.91. The van der Waals surface area contributed by atoms with E-state index in [0.29, 0.717) is 0 Å². The molecule has 2 nitrogen and oxygen atoms in total. The van der Waals surface area contributed by atoms with Gasteiger partial charge in [0.05, 0.1) is 5.69 Å². The Bertz CT molecular complexity index is 1240. The number of rotatable bonds is 2. The van der Waals surface area contributed by atoms with Crippen molar-refractivity contribution in [2.75, 3.05) is 4.90 Å². The first-order valence-corrected chi connectivity index (χ1v) is 9.16. The van der Waals surface area contributed by atoms with E-state index in [-0.39, 0.29) is 0 Å². The predicted molar refractivity (Wildman–Crippen MR) is 116 cm³/mol. The number of allylic oxidation sites excluding steroid dienone is 3. The van der Waals surface area contributed by atoms with Crippen LogP contribution in [0.4, 0.5) is 5.69 Å². The lowest BCUT2D eigenvalue weighted by Gasteiger charge is -2.27. The summed E-state index contributed by atoms with van der Waals surface area (Å²) in [5, 5.41) is 2.48. The van der Waals surface area contributed by atoms with Gasteiger partial charge in [-0.2, -0.15) is 0 Å². The average Bonchev–Trinajstić information content (AvgIpc) is 3.07. The van der Waals surface area contributed by atoms with Gasteiger partial charge in [-0.15, -0.1) is 0 Å². The van der Waals surface area contributed by atoms with Gasteiger partial charge in [0, 0.05) is 33.7 Å². The fourth-order valence-corrected chi connectivity index (χ4v) is 4.01. The topological polar surface area (TPSA) is 19.0 Å². The van der Waals surface area contributed by atoms with Gasteiger partial charge in [0.1, 0.15) is 0 Å². The quantitative estimate of drug-likeness (QED) is 0.427. The molecule has 0 saturated carbocycles. The minimum absolute atomic E-state index is 0.970. The van der Waals surface area contributed by atoms with E-state index in [0.717, 1.165) is 16.7 Å². The van der Waals surface area contributed by atoms with Crippen LogP contribution in [0.2, 0.25) is 0 Å². The Kier molecular flexibility index (Phi) is 3.51. The molecule has 0 radical (unpaired) electrons. The number of nitrogens with zero attached hydrogens (tertiary/aromatic N) is 1. The smallest absolute Gasteiger partial charge is 0.0590 e. The largest absolute Gasteiger partial charge is 0.354 e. The van der Waals surface area contributed by atoms with Crippen molar-refractivity contribution in [1.82, 2.24) is 4.98 Å². The fourth-order valence-electron chi connectivity index (χ4n) is 4.01. The van der Waals surface area contributed by atoms with Crippen molar-refractivity contribution < 1.29 is 0 Å². The molecule has 0 aliphatic carbocycles. The fraction of sp³-hybridized carbons (Fsp3) is 0.0400. The molecular formula is C25H20N2. The summed E-state index contributed by atoms with van der Waals surface area (Å²) in [6.45, 7) is 6.47. The lowest BCUT2D eigenvalue weighted by Crippen LogP contribution is -2.16. The highest BCUT2D eigenvalue weighted by Gasteiger charge is 2.20. The summed E-state index contributed by atoms with van der Waals surface area (Å²) in [5.74, 6) is 0. The van der Waals surface area contributed by atoms with Crippen molar-refractivity contribution in [3.63, 3.8) is 0 Å². The van der Waals surface area contributed by atoms with E-state index in [4.69, 9.17) is 0 Å². The minimum Gasteiger partial charge on any atom is -0.354 e. The number of nitrogens with one attached hydrogen (secondary N) is 1. The molecule has 2 heterocycles. The van der Waals surface area contributed by atoms with E-state index in [1.165, 1.54) is 33.2 Å². The lowest BCUT2D eigenvalue weighted by molar-refractivity contribution is 1.19. The molecule has 0 bridgehead atoms. The molecule has 0 atom stereocenters. The van der Waals surface area contributed by atoms with Gasteiger partial charge >= 0.3 is 0 Å². The van der Waals surface area contributed by atoms with Gasteiger partial charge in [-0.3, -0.25) is 0 Å². The molecule has 1 N–H and O–H groups in total. The maximum atomic E-state index is 4.26. The van der Waals surface area contributed by atoms with E-state index in [1.807, 2.05) is 6.08 Å². The van der Waals surface area contributed by atoms with Gasteiger partial charge < -0.3 is 9.88 Å². The number of hydrogen-bond donors (Lipinski definition) is 1. The number of hydrogen-bond acceptors (Lipinski definition) is 1. The van der Waals surface area contributed by atoms with Gasteiger partial charge in [0.15, 0.2) is 0 Å². The van der Waals surface area contributed by atoms with Crippen LogP contribution < -0.4 is 4.90 Å². The number of aromatic amines is 1. The summed E-state index contributed by atoms with van der Waals surface area (Å²) >= 11 is 0. The predicted octanol–water partition coefficient (Wildman–Crippen LogP) is 6.70. The Morgan fingerprint density at radius 2 is 1.67 bits per heavy atom. The van der Waals surface area contributed by atoms with Gasteiger partial charge in [-0.25, -0.2) is 0 Å². The van der Waals surface area contributed by atoms with E-state index in [2.05, 4.69) is 102 Å². The van der Waals surface area contributed by atoms with Crippen molar-refractivity contribution in [3.05, 3.63) is 103 Å². The number of benzene rings is 3. The molecule has 3 aromatic carbocycles. The summed E-state index contributed by atoms with van der Waals surface area (Å²) in [4.78, 5) is 5.81. The van der Waals surface area contributed by atoms with Crippen molar-refractivity contribution in [2.24, 2.45) is 0 Å². The molecule has 1 aromatic heterocycles. The summed E-state index contributed by atoms with van der Waals surface area (Å²) in [6.07, 6.45) is 8.24. The lowest BCUT2D eigenvalue weighted by atomic mass is 9.95. The highest BCUT2D eigenvalue weighted by Crippen LogP contribution is 2.43. The van der Waals surface area contributed by atoms with Crippen LogP contribution in [0.15, 0.2) is 97.4 Å². The zero-order chi connectivity index (χ0) is 18.4. The highest BCUT2D eigenvalue weighted by atomic mass is 15.1. The van der Waals surface area contributed by atoms with Crippen LogP contribution in [0.5, 0.6) is 0 Å². The third-order valence-electron chi connectivity index (χ3n) is 5.29. The minimum atomic E-state index is 0.970. The van der Waals surface area contributed by atoms with E-state index < -0.39 is 0 Å². The molecule has 0 amide bonds. The summed E-state index contributed by atoms with van der Waals surface area (Å²) in [5.41, 5.74) is 8.16. The third kappa shape index (κ3) is 2.42. The number of para-hydroxylation sites is 1. The van der Waals surface area contributed by atoms with Crippen LogP contribution in [-0.2, 0) is 0 Å². The summed E-state index contributed by atoms with van der Waals surface area (Å²) < 4.78 is 0. The maximum Gasteiger partial charge on any atom is 0.0590 e. The third-order valence-corrected chi connectivity index (χ3v) is 5.29. The molecule has 1 aliphatic heterocycles. The van der Waals surface area contributed by atoms with Crippen LogP contribution in [0.1, 0.15) is 5.56 Å². The van der Waals surface area contributed by atoms with Crippen molar-refractivity contribution >= 4 is 27.5 Å². The molecule has 5 rings (SSSR count). The molecule has 0 fully saturated rings. The molecule has 130 valence electrons. The first-order chi connectivity index (χ1) is 13.2. The van der Waals surface area contributed by atoms with Crippen LogP contribution in [0.25, 0.3) is 32.9 Å². The first-order valence-electron chi connectivity index (χ1n) is 9.16. The molecule has 1 aliphatic rings. The maximum absolute atomic E-state index is 4.26. The Morgan fingerprint density at radius 1 is 0.889 bits per heavy atom. The number of aromatic nitrogens is 1. The van der Waals surface area contributed by atoms with E-state index in [9.17, 15) is 0 Å². The van der Waals surface area contributed by atoms with E-state index >= 15 is 0 Å². The molecular weight excluding hydrogens is 328 g/mol. The van der Waals surface area contributed by atoms with Gasteiger partial charge in [0.2, 0.25) is 0 Å². The SMILES string of the molecule is C=C1C=CC=CN1c1c(C)c(-c2ccccc2)cc2[nH]c3ccccc3c12. The van der Waals surface area contributed by atoms with E-state index in [1.54, 1.807) is 0 Å². The van der Waals surface area contributed by atoms with Crippen molar-refractivity contribution in [2.45, 2.75) is 6.92 Å². The normalized spacial score (nSPS) is 13.8. The highest BCUT2D eigenvalue weighted by molar-refractivity contribution is 6.16. The monoisotopic (exact) mass is 348 g/mol. The van der Waals surface area contributed by atoms with Crippen molar-refractivity contribution in [3.8, 4) is 11.1 Å². The molecule has 4 aromatic rings. The molecule has 0 saturated heterocycles. The second-order valence-electron chi connectivity index (χ2n) is 6.92. The number of H-pyrrole nitrogens is 1. The van der Waals surface area contributed by atoms with Crippen LogP contribution in [0, 0.1) is 6.92 Å². The summed E-state index contributed by atoms with van der Waals surface area (Å²) in [6, 6.07) is 21.3. The van der Waals surface area contributed by atoms with Gasteiger partial charge in [-0.05, 0) is 47.9 Å². The molecule has 0 unspecified atom stereocenters. The molecule has 0 spiro atoms. The molecule has 27 heavy (non-hydrogen) atoms. The number of anilines is 1. The number of fused-ring (bicyclic) bond motifs is 3. The average molecular weight is 348 g/mol. The second kappa shape index (κ2) is 6.03. The van der Waals surface area contributed by atoms with Crippen LogP contribution in [-0.4, -0.2) is 4.98 Å². The summed E-state index contributed by atoms with van der Waals surface area (Å²) in [7, 11) is 0. The van der Waals surface area contributed by atoms with Crippen LogP contribution in [0.3, 0.4) is 0 Å². The Morgan fingerprint density at radius 3 is 2.48 bits per heavy atom. The zero-order valence-electron chi connectivity index (χ0n) is 15.2. The molecule has 2 heteroatoms. The first kappa shape index (κ1) is 15.7. The van der Waals surface area contributed by atoms with Crippen LogP contribution >= 0.6 is 0 Å². The Labute approximate surface area is 158 Å².